The number of rotatable bonds is 0. The summed E-state index contributed by atoms with van der Waals surface area (Å²) in [6, 6.07) is 0. The summed E-state index contributed by atoms with van der Waals surface area (Å²) in [5.74, 6) is 0. The van der Waals surface area contributed by atoms with E-state index in [1.165, 1.54) is 0 Å². The minimum atomic E-state index is -1.75. The number of hydrogen-bond acceptors (Lipinski definition) is 57. The summed E-state index contributed by atoms with van der Waals surface area (Å²) in [5.41, 5.74) is 0. The first-order valence-electron chi connectivity index (χ1n) is 15.2. The van der Waals surface area contributed by atoms with Gasteiger partial charge in [0, 0.05) is 0 Å². The monoisotopic (exact) mass is 2100 g/mol. The molecular weight excluding hydrogens is 2070 g/mol. The average Bonchev–Trinajstić information content (AvgIpc) is 3.21. The van der Waals surface area contributed by atoms with Gasteiger partial charge in [0.05, 0.1) is 15.3 Å². The molecule has 0 spiro atoms. The van der Waals surface area contributed by atoms with Gasteiger partial charge in [0.2, 0.25) is 0 Å². The average molecular weight is 2100 g/mol. The summed E-state index contributed by atoms with van der Waals surface area (Å²) < 4.78 is 0. The Kier molecular flexibility index (Phi) is 345. The van der Waals surface area contributed by atoms with Crippen molar-refractivity contribution in [3.8, 4) is 0 Å². The van der Waals surface area contributed by atoms with Crippen molar-refractivity contribution >= 4 is 0 Å². The third-order valence-corrected chi connectivity index (χ3v) is 0. The molecule has 0 saturated carbocycles. The Balaban J connectivity index is -0.0000000219. The Bertz CT molecular complexity index is 1500. The molecule has 0 atom stereocenters. The topological polar surface area (TPSA) is 1720 Å². The zero-order chi connectivity index (χ0) is 96.6. The SMILES string of the molecule is O=[N+]([O-])O.O=[N+]([O-])O.O=[N+]([O-])O.O=[N+]([O-])O.O=[N+]([O-])O.O=[N+]([O-])O.O=[N+]([O-])O.O=[N+]([O-])O.O=[N+]([O-])O.O=[N+]([O-])O.O=[N+]([O-])O.O=[N+]([O-])O.O=[N+]([O-])O.O=[N+]([O-])O.O=[N+]([O-])O.O=[N+]([O-])O.O=[N+]([O-])O.O=[N+]([O-])O.O=[N+]([O-])O.O=[N+]([O-])O.O=[N+]([O-])O.O=[N+]([O-])O.O=[N+]([O-])O.O=[N+]([O-])O.O=[N+]([O-])[O-].O=[N+]([O-])[O-].O=[N+]([O-])[O-].[Cs+].[Cs+].[Cs+]. The van der Waals surface area contributed by atoms with Crippen molar-refractivity contribution in [2.24, 2.45) is 0 Å². The first-order valence-corrected chi connectivity index (χ1v) is 15.2. The summed E-state index contributed by atoms with van der Waals surface area (Å²) >= 11 is 0. The van der Waals surface area contributed by atoms with E-state index in [-0.39, 0.29) is 207 Å². The molecular formula is H24Cs3N27O81. The first-order chi connectivity index (χ1) is 46.8. The maximum Gasteiger partial charge on any atom is 1.00 e. The molecule has 0 heterocycles. The zero-order valence-corrected chi connectivity index (χ0v) is 67.9. The Morgan fingerprint density at radius 3 is 0.0901 bits per heavy atom. The van der Waals surface area contributed by atoms with Gasteiger partial charge in [0.25, 0.3) is 122 Å². The second-order valence-corrected chi connectivity index (χ2v) is 6.38. The number of nitrogens with zero attached hydrogens (tertiary/aromatic N) is 27. The maximum atomic E-state index is 8.36. The van der Waals surface area contributed by atoms with E-state index in [0.29, 0.717) is 0 Å². The minimum Gasteiger partial charge on any atom is -0.356 e. The van der Waals surface area contributed by atoms with E-state index in [1.807, 2.05) is 0 Å². The second-order valence-electron chi connectivity index (χ2n) is 6.38. The van der Waals surface area contributed by atoms with E-state index in [4.69, 9.17) is 414 Å². The van der Waals surface area contributed by atoms with Gasteiger partial charge in [0.1, 0.15) is 0 Å². The van der Waals surface area contributed by atoms with Gasteiger partial charge in [-0.25, -0.2) is 0 Å². The molecule has 111 heteroatoms. The van der Waals surface area contributed by atoms with Crippen LogP contribution in [0.1, 0.15) is 0 Å². The van der Waals surface area contributed by atoms with Gasteiger partial charge in [-0.05, 0) is 0 Å². The molecule has 24 N–H and O–H groups in total. The van der Waals surface area contributed by atoms with Crippen LogP contribution in [0.5, 0.6) is 0 Å². The van der Waals surface area contributed by atoms with E-state index >= 15 is 0 Å². The fraction of sp³-hybridized carbons (Fsp3) is 0. The van der Waals surface area contributed by atoms with E-state index in [2.05, 4.69) is 0 Å². The van der Waals surface area contributed by atoms with Crippen LogP contribution in [0.2, 0.25) is 0 Å². The molecule has 0 fully saturated rings. The van der Waals surface area contributed by atoms with E-state index in [0.717, 1.165) is 0 Å². The second kappa shape index (κ2) is 193. The fourth-order valence-corrected chi connectivity index (χ4v) is 0. The summed E-state index contributed by atoms with van der Waals surface area (Å²) in [4.78, 5) is 225. The van der Waals surface area contributed by atoms with Crippen LogP contribution in [0.15, 0.2) is 0 Å². The smallest absolute Gasteiger partial charge is 0.356 e. The van der Waals surface area contributed by atoms with Crippen molar-refractivity contribution in [3.05, 3.63) is 289 Å². The van der Waals surface area contributed by atoms with Crippen LogP contribution in [-0.4, -0.2) is 262 Å². The molecule has 0 unspecified atom stereocenters. The molecule has 648 valence electrons. The van der Waals surface area contributed by atoms with Crippen molar-refractivity contribution in [2.75, 3.05) is 0 Å². The van der Waals surface area contributed by atoms with Crippen LogP contribution in [-0.2, 0) is 0 Å². The van der Waals surface area contributed by atoms with E-state index in [1.54, 1.807) is 0 Å². The molecule has 0 bridgehead atoms. The Labute approximate surface area is 748 Å². The van der Waals surface area contributed by atoms with Crippen LogP contribution >= 0.6 is 0 Å². The quantitative estimate of drug-likeness (QED) is 0.0791. The molecule has 0 aromatic carbocycles. The first kappa shape index (κ1) is 199. The molecule has 0 amide bonds. The fourth-order valence-electron chi connectivity index (χ4n) is 0. The molecule has 0 aromatic heterocycles. The van der Waals surface area contributed by atoms with E-state index < -0.39 is 137 Å². The zero-order valence-electron chi connectivity index (χ0n) is 49.1. The predicted octanol–water partition coefficient (Wildman–Crippen LogP) is -18.1. The van der Waals surface area contributed by atoms with E-state index in [9.17, 15) is 0 Å². The predicted molar refractivity (Wildman–Crippen MR) is 242 cm³/mol. The van der Waals surface area contributed by atoms with Crippen molar-refractivity contribution in [1.29, 1.82) is 0 Å². The van der Waals surface area contributed by atoms with Crippen LogP contribution in [0, 0.1) is 289 Å². The molecule has 0 saturated heterocycles. The van der Waals surface area contributed by atoms with Crippen LogP contribution < -0.4 is 207 Å². The molecule has 0 aromatic rings. The van der Waals surface area contributed by atoms with Crippen molar-refractivity contribution in [2.45, 2.75) is 0 Å². The van der Waals surface area contributed by atoms with Gasteiger partial charge < -0.3 is 171 Å². The Morgan fingerprint density at radius 2 is 0.0901 bits per heavy atom. The van der Waals surface area contributed by atoms with Gasteiger partial charge >= 0.3 is 207 Å². The molecule has 0 aliphatic carbocycles. The Hall–Kier alpha value is -15.4. The molecule has 0 aliphatic heterocycles. The van der Waals surface area contributed by atoms with Gasteiger partial charge in [-0.2, -0.15) is 0 Å². The minimum absolute atomic E-state index is 0. The molecule has 111 heavy (non-hydrogen) atoms. The van der Waals surface area contributed by atoms with Crippen molar-refractivity contribution < 1.29 is 469 Å². The van der Waals surface area contributed by atoms with Gasteiger partial charge in [-0.15, -0.1) is 243 Å². The molecule has 0 radical (unpaired) electrons. The van der Waals surface area contributed by atoms with Gasteiger partial charge in [-0.1, -0.05) is 0 Å². The standard InChI is InChI=1S/3Cs.24HNO3.3NO3/c;;;27*2-1(3)4/h;;;24*(H,2,3,4);;;/q3*+1;;;;;;;;;;;;;;;;;;;;;;;;;3*-1. The molecule has 108 nitrogen and oxygen atoms in total. The van der Waals surface area contributed by atoms with Crippen molar-refractivity contribution in [3.63, 3.8) is 0 Å². The summed E-state index contributed by atoms with van der Waals surface area (Å²) in [5, 5.41) is 372. The molecule has 0 rings (SSSR count). The van der Waals surface area contributed by atoms with Crippen molar-refractivity contribution in [1.82, 2.24) is 0 Å². The largest absolute Gasteiger partial charge is 1.00 e. The number of hydrogen-bond donors (Lipinski definition) is 24. The van der Waals surface area contributed by atoms with Crippen LogP contribution in [0.3, 0.4) is 0 Å². The normalized spacial score (nSPS) is 5.84. The van der Waals surface area contributed by atoms with Crippen LogP contribution in [0.4, 0.5) is 0 Å². The third kappa shape index (κ3) is 3400. The van der Waals surface area contributed by atoms with Gasteiger partial charge in [-0.3, -0.25) is 0 Å². The molecule has 0 aliphatic rings. The third-order valence-electron chi connectivity index (χ3n) is 0. The maximum absolute atomic E-state index is 8.36. The Morgan fingerprint density at radius 1 is 0.0901 bits per heavy atom. The van der Waals surface area contributed by atoms with Crippen LogP contribution in [0.25, 0.3) is 0 Å². The summed E-state index contributed by atoms with van der Waals surface area (Å²) in [7, 11) is 0. The summed E-state index contributed by atoms with van der Waals surface area (Å²) in [6.45, 7) is 0. The summed E-state index contributed by atoms with van der Waals surface area (Å²) in [6.07, 6.45) is 0. The van der Waals surface area contributed by atoms with Gasteiger partial charge in [0.15, 0.2) is 0 Å².